The van der Waals surface area contributed by atoms with Crippen LogP contribution in [-0.4, -0.2) is 18.6 Å². The van der Waals surface area contributed by atoms with E-state index >= 15 is 0 Å². The lowest BCUT2D eigenvalue weighted by Crippen LogP contribution is -2.24. The molecule has 0 saturated heterocycles. The van der Waals surface area contributed by atoms with Crippen molar-refractivity contribution in [1.29, 1.82) is 0 Å². The van der Waals surface area contributed by atoms with E-state index in [-0.39, 0.29) is 5.02 Å². The number of carbonyl (C=O) groups is 1. The van der Waals surface area contributed by atoms with Crippen LogP contribution in [0, 0.1) is 0 Å². The first-order chi connectivity index (χ1) is 8.28. The van der Waals surface area contributed by atoms with Gasteiger partial charge in [-0.25, -0.2) is 10.2 Å². The minimum Gasteiger partial charge on any atom is -0.404 e. The minimum absolute atomic E-state index is 0.240. The van der Waals surface area contributed by atoms with Crippen LogP contribution in [0.1, 0.15) is 5.56 Å². The standard InChI is InChI=1S/C9H7ClF3N3O2/c10-6-3-5(4-15-16-8(14)17)1-2-7(6)18-9(11,12)13/h1-4H,(H3,14,16,17). The third kappa shape index (κ3) is 4.91. The summed E-state index contributed by atoms with van der Waals surface area (Å²) >= 11 is 5.58. The third-order valence-corrected chi connectivity index (χ3v) is 1.87. The molecule has 0 radical (unpaired) electrons. The van der Waals surface area contributed by atoms with Gasteiger partial charge in [0.15, 0.2) is 0 Å². The summed E-state index contributed by atoms with van der Waals surface area (Å²) < 4.78 is 39.5. The van der Waals surface area contributed by atoms with Crippen LogP contribution < -0.4 is 15.9 Å². The van der Waals surface area contributed by atoms with E-state index in [1.807, 2.05) is 5.43 Å². The van der Waals surface area contributed by atoms with E-state index in [9.17, 15) is 18.0 Å². The normalized spacial score (nSPS) is 11.6. The number of benzene rings is 1. The molecule has 0 aliphatic rings. The molecule has 9 heteroatoms. The van der Waals surface area contributed by atoms with Gasteiger partial charge in [0.05, 0.1) is 11.2 Å². The molecule has 0 fully saturated rings. The molecule has 3 N–H and O–H groups in total. The van der Waals surface area contributed by atoms with Crippen LogP contribution in [0.5, 0.6) is 5.75 Å². The third-order valence-electron chi connectivity index (χ3n) is 1.57. The Labute approximate surface area is 104 Å². The van der Waals surface area contributed by atoms with Gasteiger partial charge in [-0.15, -0.1) is 13.2 Å². The van der Waals surface area contributed by atoms with E-state index in [0.29, 0.717) is 5.56 Å². The molecule has 0 bridgehead atoms. The van der Waals surface area contributed by atoms with Gasteiger partial charge in [0.25, 0.3) is 0 Å². The SMILES string of the molecule is NC(=O)NN=Cc1ccc(OC(F)(F)F)c(Cl)c1. The molecule has 0 aromatic heterocycles. The lowest BCUT2D eigenvalue weighted by atomic mass is 10.2. The van der Waals surface area contributed by atoms with Crippen molar-refractivity contribution in [2.75, 3.05) is 0 Å². The van der Waals surface area contributed by atoms with Crippen LogP contribution in [0.15, 0.2) is 23.3 Å². The molecule has 0 aliphatic carbocycles. The summed E-state index contributed by atoms with van der Waals surface area (Å²) in [4.78, 5) is 10.3. The van der Waals surface area contributed by atoms with Gasteiger partial charge in [-0.1, -0.05) is 11.6 Å². The second-order valence-electron chi connectivity index (χ2n) is 2.97. The Morgan fingerprint density at radius 3 is 2.67 bits per heavy atom. The van der Waals surface area contributed by atoms with Crippen molar-refractivity contribution in [3.8, 4) is 5.75 Å². The highest BCUT2D eigenvalue weighted by atomic mass is 35.5. The number of hydrogen-bond donors (Lipinski definition) is 2. The summed E-state index contributed by atoms with van der Waals surface area (Å²) in [6.45, 7) is 0. The van der Waals surface area contributed by atoms with Crippen molar-refractivity contribution in [1.82, 2.24) is 5.43 Å². The fourth-order valence-corrected chi connectivity index (χ4v) is 1.20. The van der Waals surface area contributed by atoms with Crippen molar-refractivity contribution in [2.45, 2.75) is 6.36 Å². The number of nitrogens with two attached hydrogens (primary N) is 1. The average Bonchev–Trinajstić information content (AvgIpc) is 2.19. The number of nitrogens with zero attached hydrogens (tertiary/aromatic N) is 1. The highest BCUT2D eigenvalue weighted by Crippen LogP contribution is 2.30. The molecule has 0 atom stereocenters. The Morgan fingerprint density at radius 1 is 1.50 bits per heavy atom. The summed E-state index contributed by atoms with van der Waals surface area (Å²) in [6.07, 6.45) is -3.65. The monoisotopic (exact) mass is 281 g/mol. The number of alkyl halides is 3. The highest BCUT2D eigenvalue weighted by Gasteiger charge is 2.31. The molecular weight excluding hydrogens is 275 g/mol. The maximum Gasteiger partial charge on any atom is 0.573 e. The van der Waals surface area contributed by atoms with Crippen LogP contribution in [0.3, 0.4) is 0 Å². The van der Waals surface area contributed by atoms with E-state index in [4.69, 9.17) is 17.3 Å². The van der Waals surface area contributed by atoms with Gasteiger partial charge in [-0.2, -0.15) is 5.10 Å². The molecule has 0 aliphatic heterocycles. The Bertz CT molecular complexity index is 477. The first kappa shape index (κ1) is 14.1. The number of urea groups is 1. The number of rotatable bonds is 3. The van der Waals surface area contributed by atoms with Gasteiger partial charge in [-0.3, -0.25) is 0 Å². The number of carbonyl (C=O) groups excluding carboxylic acids is 1. The predicted octanol–water partition coefficient (Wildman–Crippen LogP) is 2.24. The van der Waals surface area contributed by atoms with E-state index in [0.717, 1.165) is 12.3 Å². The van der Waals surface area contributed by atoms with Gasteiger partial charge < -0.3 is 10.5 Å². The van der Waals surface area contributed by atoms with E-state index < -0.39 is 18.1 Å². The minimum atomic E-state index is -4.81. The number of ether oxygens (including phenoxy) is 1. The first-order valence-electron chi connectivity index (χ1n) is 4.42. The molecule has 0 saturated carbocycles. The second-order valence-corrected chi connectivity index (χ2v) is 3.38. The Morgan fingerprint density at radius 2 is 2.17 bits per heavy atom. The number of hydrogen-bond acceptors (Lipinski definition) is 3. The quantitative estimate of drug-likeness (QED) is 0.658. The topological polar surface area (TPSA) is 76.7 Å². The summed E-state index contributed by atoms with van der Waals surface area (Å²) in [5.41, 5.74) is 7.03. The first-order valence-corrected chi connectivity index (χ1v) is 4.79. The molecule has 5 nitrogen and oxygen atoms in total. The average molecular weight is 282 g/mol. The maximum atomic E-state index is 11.9. The van der Waals surface area contributed by atoms with Crippen molar-refractivity contribution in [2.24, 2.45) is 10.8 Å². The molecule has 1 aromatic rings. The summed E-state index contributed by atoms with van der Waals surface area (Å²) in [6, 6.07) is 2.63. The van der Waals surface area contributed by atoms with Gasteiger partial charge >= 0.3 is 12.4 Å². The van der Waals surface area contributed by atoms with Crippen molar-refractivity contribution in [3.63, 3.8) is 0 Å². The van der Waals surface area contributed by atoms with Crippen LogP contribution in [0.4, 0.5) is 18.0 Å². The molecule has 2 amide bonds. The fourth-order valence-electron chi connectivity index (χ4n) is 0.975. The zero-order valence-electron chi connectivity index (χ0n) is 8.66. The van der Waals surface area contributed by atoms with Crippen LogP contribution in [0.2, 0.25) is 5.02 Å². The van der Waals surface area contributed by atoms with Crippen LogP contribution >= 0.6 is 11.6 Å². The number of nitrogens with one attached hydrogen (secondary N) is 1. The van der Waals surface area contributed by atoms with Crippen LogP contribution in [-0.2, 0) is 0 Å². The van der Waals surface area contributed by atoms with Crippen LogP contribution in [0.25, 0.3) is 0 Å². The molecule has 0 heterocycles. The Balaban J connectivity index is 2.79. The van der Waals surface area contributed by atoms with Gasteiger partial charge in [0.2, 0.25) is 0 Å². The number of halogens is 4. The lowest BCUT2D eigenvalue weighted by molar-refractivity contribution is -0.274. The molecule has 0 spiro atoms. The second kappa shape index (κ2) is 5.58. The van der Waals surface area contributed by atoms with E-state index in [2.05, 4.69) is 9.84 Å². The Hall–Kier alpha value is -1.96. The van der Waals surface area contributed by atoms with Gasteiger partial charge in [0.1, 0.15) is 5.75 Å². The lowest BCUT2D eigenvalue weighted by Gasteiger charge is -2.10. The van der Waals surface area contributed by atoms with Gasteiger partial charge in [0, 0.05) is 0 Å². The van der Waals surface area contributed by atoms with E-state index in [1.165, 1.54) is 12.1 Å². The molecular formula is C9H7ClF3N3O2. The molecule has 1 aromatic carbocycles. The molecule has 18 heavy (non-hydrogen) atoms. The summed E-state index contributed by atoms with van der Waals surface area (Å²) in [5.74, 6) is -0.524. The predicted molar refractivity (Wildman–Crippen MR) is 58.4 cm³/mol. The van der Waals surface area contributed by atoms with Crippen molar-refractivity contribution < 1.29 is 22.7 Å². The van der Waals surface area contributed by atoms with Crippen molar-refractivity contribution in [3.05, 3.63) is 28.8 Å². The summed E-state index contributed by atoms with van der Waals surface area (Å²) in [5, 5.41) is 3.17. The number of hydrazone groups is 1. The van der Waals surface area contributed by atoms with Crippen molar-refractivity contribution >= 4 is 23.8 Å². The Kier molecular flexibility index (Phi) is 4.38. The zero-order valence-corrected chi connectivity index (χ0v) is 9.42. The number of primary amides is 1. The number of amides is 2. The van der Waals surface area contributed by atoms with E-state index in [1.54, 1.807) is 0 Å². The zero-order chi connectivity index (χ0) is 13.8. The molecule has 98 valence electrons. The molecule has 0 unspecified atom stereocenters. The molecule has 1 rings (SSSR count). The maximum absolute atomic E-state index is 11.9. The highest BCUT2D eigenvalue weighted by molar-refractivity contribution is 6.32. The smallest absolute Gasteiger partial charge is 0.404 e. The fraction of sp³-hybridized carbons (Fsp3) is 0.111. The summed E-state index contributed by atoms with van der Waals surface area (Å²) in [7, 11) is 0. The van der Waals surface area contributed by atoms with Gasteiger partial charge in [-0.05, 0) is 23.8 Å². The largest absolute Gasteiger partial charge is 0.573 e.